The van der Waals surface area contributed by atoms with Crippen molar-refractivity contribution in [2.24, 2.45) is 5.92 Å². The van der Waals surface area contributed by atoms with Gasteiger partial charge in [-0.2, -0.15) is 0 Å². The Morgan fingerprint density at radius 2 is 2.18 bits per heavy atom. The molecular weight excluding hydrogens is 204 g/mol. The highest BCUT2D eigenvalue weighted by Gasteiger charge is 2.01. The van der Waals surface area contributed by atoms with Crippen molar-refractivity contribution >= 4 is 6.08 Å². The molecule has 0 nitrogen and oxygen atoms in total. The fourth-order valence-corrected chi connectivity index (χ4v) is 2.36. The molecule has 1 aliphatic rings. The van der Waals surface area contributed by atoms with E-state index in [1.807, 2.05) is 0 Å². The SMILES string of the molecule is CC(C)Cc1cccc(C=C2C=CCCC2)c1. The average Bonchev–Trinajstić information content (AvgIpc) is 2.30. The van der Waals surface area contributed by atoms with Crippen LogP contribution in [0.3, 0.4) is 0 Å². The Morgan fingerprint density at radius 1 is 1.29 bits per heavy atom. The summed E-state index contributed by atoms with van der Waals surface area (Å²) < 4.78 is 0. The lowest BCUT2D eigenvalue weighted by Crippen LogP contribution is -1.94. The second kappa shape index (κ2) is 5.86. The zero-order valence-corrected chi connectivity index (χ0v) is 10.9. The van der Waals surface area contributed by atoms with Gasteiger partial charge in [-0.3, -0.25) is 0 Å². The first kappa shape index (κ1) is 12.2. The van der Waals surface area contributed by atoms with Gasteiger partial charge in [0.2, 0.25) is 0 Å². The Hall–Kier alpha value is -1.30. The number of rotatable bonds is 3. The van der Waals surface area contributed by atoms with Crippen LogP contribution in [0.1, 0.15) is 44.2 Å². The van der Waals surface area contributed by atoms with Gasteiger partial charge < -0.3 is 0 Å². The average molecular weight is 226 g/mol. The van der Waals surface area contributed by atoms with Crippen molar-refractivity contribution in [3.63, 3.8) is 0 Å². The minimum Gasteiger partial charge on any atom is -0.0843 e. The summed E-state index contributed by atoms with van der Waals surface area (Å²) in [4.78, 5) is 0. The van der Waals surface area contributed by atoms with Crippen LogP contribution in [0.4, 0.5) is 0 Å². The number of benzene rings is 1. The first-order valence-corrected chi connectivity index (χ1v) is 6.70. The summed E-state index contributed by atoms with van der Waals surface area (Å²) in [5.41, 5.74) is 4.27. The van der Waals surface area contributed by atoms with Gasteiger partial charge in [-0.1, -0.05) is 56.3 Å². The van der Waals surface area contributed by atoms with Crippen LogP contribution in [0.5, 0.6) is 0 Å². The molecule has 0 unspecified atom stereocenters. The molecule has 0 aliphatic heterocycles. The Bertz CT molecular complexity index is 421. The first-order valence-electron chi connectivity index (χ1n) is 6.70. The molecule has 0 heterocycles. The maximum Gasteiger partial charge on any atom is -0.0251 e. The van der Waals surface area contributed by atoms with Crippen molar-refractivity contribution in [3.8, 4) is 0 Å². The molecular formula is C17H22. The van der Waals surface area contributed by atoms with Gasteiger partial charge >= 0.3 is 0 Å². The summed E-state index contributed by atoms with van der Waals surface area (Å²) in [5.74, 6) is 0.729. The van der Waals surface area contributed by atoms with Gasteiger partial charge in [0.25, 0.3) is 0 Å². The molecule has 0 saturated heterocycles. The summed E-state index contributed by atoms with van der Waals surface area (Å²) in [6.07, 6.45) is 11.8. The van der Waals surface area contributed by atoms with Gasteiger partial charge in [-0.25, -0.2) is 0 Å². The molecule has 0 spiro atoms. The predicted octanol–water partition coefficient (Wildman–Crippen LogP) is 5.01. The summed E-state index contributed by atoms with van der Waals surface area (Å²) in [6.45, 7) is 4.55. The van der Waals surface area contributed by atoms with Crippen LogP contribution in [-0.4, -0.2) is 0 Å². The highest BCUT2D eigenvalue weighted by molar-refractivity contribution is 5.57. The second-order valence-electron chi connectivity index (χ2n) is 5.36. The number of allylic oxidation sites excluding steroid dienone is 3. The number of hydrogen-bond donors (Lipinski definition) is 0. The predicted molar refractivity (Wildman–Crippen MR) is 76.0 cm³/mol. The van der Waals surface area contributed by atoms with Crippen LogP contribution in [0.15, 0.2) is 42.0 Å². The summed E-state index contributed by atoms with van der Waals surface area (Å²) in [6, 6.07) is 8.95. The summed E-state index contributed by atoms with van der Waals surface area (Å²) in [5, 5.41) is 0. The summed E-state index contributed by atoms with van der Waals surface area (Å²) in [7, 11) is 0. The monoisotopic (exact) mass is 226 g/mol. The lowest BCUT2D eigenvalue weighted by molar-refractivity contribution is 0.647. The van der Waals surface area contributed by atoms with E-state index in [-0.39, 0.29) is 0 Å². The summed E-state index contributed by atoms with van der Waals surface area (Å²) >= 11 is 0. The van der Waals surface area contributed by atoms with Crippen LogP contribution in [0.2, 0.25) is 0 Å². The van der Waals surface area contributed by atoms with Gasteiger partial charge in [0.1, 0.15) is 0 Å². The van der Waals surface area contributed by atoms with Crippen LogP contribution < -0.4 is 0 Å². The quantitative estimate of drug-likeness (QED) is 0.679. The molecule has 17 heavy (non-hydrogen) atoms. The number of hydrogen-bond acceptors (Lipinski definition) is 0. The topological polar surface area (TPSA) is 0 Å². The molecule has 0 amide bonds. The van der Waals surface area contributed by atoms with Gasteiger partial charge in [-0.15, -0.1) is 0 Å². The van der Waals surface area contributed by atoms with Crippen molar-refractivity contribution in [3.05, 3.63) is 53.1 Å². The van der Waals surface area contributed by atoms with Crippen LogP contribution >= 0.6 is 0 Å². The van der Waals surface area contributed by atoms with Crippen molar-refractivity contribution in [1.82, 2.24) is 0 Å². The molecule has 0 N–H and O–H groups in total. The lowest BCUT2D eigenvalue weighted by atomic mass is 9.97. The van der Waals surface area contributed by atoms with Gasteiger partial charge in [0.15, 0.2) is 0 Å². The van der Waals surface area contributed by atoms with E-state index in [0.29, 0.717) is 0 Å². The van der Waals surface area contributed by atoms with Crippen LogP contribution in [-0.2, 0) is 6.42 Å². The Morgan fingerprint density at radius 3 is 2.88 bits per heavy atom. The molecule has 0 saturated carbocycles. The van der Waals surface area contributed by atoms with Crippen molar-refractivity contribution in [1.29, 1.82) is 0 Å². The molecule has 0 aromatic heterocycles. The molecule has 1 aromatic carbocycles. The largest absolute Gasteiger partial charge is 0.0843 e. The van der Waals surface area contributed by atoms with E-state index in [0.717, 1.165) is 5.92 Å². The third-order valence-corrected chi connectivity index (χ3v) is 3.12. The van der Waals surface area contributed by atoms with E-state index >= 15 is 0 Å². The minimum atomic E-state index is 0.729. The lowest BCUT2D eigenvalue weighted by Gasteiger charge is -2.09. The fourth-order valence-electron chi connectivity index (χ4n) is 2.36. The molecule has 0 radical (unpaired) electrons. The fraction of sp³-hybridized carbons (Fsp3) is 0.412. The maximum atomic E-state index is 2.33. The van der Waals surface area contributed by atoms with E-state index in [1.54, 1.807) is 0 Å². The highest BCUT2D eigenvalue weighted by Crippen LogP contribution is 2.20. The van der Waals surface area contributed by atoms with Crippen LogP contribution in [0.25, 0.3) is 6.08 Å². The zero-order valence-electron chi connectivity index (χ0n) is 10.9. The second-order valence-corrected chi connectivity index (χ2v) is 5.36. The molecule has 2 rings (SSSR count). The molecule has 90 valence electrons. The standard InChI is InChI=1S/C17H22/c1-14(2)11-16-9-6-10-17(13-16)12-15-7-4-3-5-8-15/h4,6-7,9-10,12-14H,3,5,8,11H2,1-2H3. The van der Waals surface area contributed by atoms with E-state index in [4.69, 9.17) is 0 Å². The smallest absolute Gasteiger partial charge is 0.0251 e. The van der Waals surface area contributed by atoms with Crippen molar-refractivity contribution in [2.75, 3.05) is 0 Å². The molecule has 0 bridgehead atoms. The van der Waals surface area contributed by atoms with Crippen LogP contribution in [0, 0.1) is 5.92 Å². The maximum absolute atomic E-state index is 2.33. The minimum absolute atomic E-state index is 0.729. The molecule has 0 heteroatoms. The third-order valence-electron chi connectivity index (χ3n) is 3.12. The van der Waals surface area contributed by atoms with Gasteiger partial charge in [0.05, 0.1) is 0 Å². The molecule has 1 aliphatic carbocycles. The Kier molecular flexibility index (Phi) is 4.19. The highest BCUT2D eigenvalue weighted by atomic mass is 14.1. The van der Waals surface area contributed by atoms with E-state index in [9.17, 15) is 0 Å². The normalized spacial score (nSPS) is 17.9. The molecule has 1 aromatic rings. The van der Waals surface area contributed by atoms with E-state index in [1.165, 1.54) is 42.4 Å². The first-order chi connectivity index (χ1) is 8.24. The molecule has 0 fully saturated rings. The van der Waals surface area contributed by atoms with Crippen molar-refractivity contribution < 1.29 is 0 Å². The Balaban J connectivity index is 2.15. The van der Waals surface area contributed by atoms with Gasteiger partial charge in [-0.05, 0) is 48.3 Å². The van der Waals surface area contributed by atoms with Crippen molar-refractivity contribution in [2.45, 2.75) is 39.5 Å². The molecule has 0 atom stereocenters. The Labute approximate surface area is 105 Å². The van der Waals surface area contributed by atoms with Gasteiger partial charge in [0, 0.05) is 0 Å². The third kappa shape index (κ3) is 3.89. The van der Waals surface area contributed by atoms with E-state index < -0.39 is 0 Å². The van der Waals surface area contributed by atoms with E-state index in [2.05, 4.69) is 56.3 Å². The zero-order chi connectivity index (χ0) is 12.1.